The molecule has 0 atom stereocenters. The topological polar surface area (TPSA) is 53.5 Å². The molecule has 3 nitrogen and oxygen atoms in total. The molecule has 0 bridgehead atoms. The molecule has 2 rings (SSSR count). The Morgan fingerprint density at radius 1 is 1.05 bits per heavy atom. The van der Waals surface area contributed by atoms with Crippen LogP contribution in [0.15, 0.2) is 0 Å². The zero-order chi connectivity index (χ0) is 13.5. The van der Waals surface area contributed by atoms with Gasteiger partial charge in [-0.1, -0.05) is 19.3 Å². The first-order chi connectivity index (χ1) is 9.28. The van der Waals surface area contributed by atoms with E-state index in [1.165, 1.54) is 32.1 Å². The highest BCUT2D eigenvalue weighted by atomic mass is 16.1. The maximum atomic E-state index is 11.2. The van der Waals surface area contributed by atoms with Gasteiger partial charge in [0, 0.05) is 25.7 Å². The van der Waals surface area contributed by atoms with Gasteiger partial charge in [-0.25, -0.2) is 0 Å². The van der Waals surface area contributed by atoms with Gasteiger partial charge >= 0.3 is 0 Å². The van der Waals surface area contributed by atoms with Crippen molar-refractivity contribution in [3.8, 4) is 0 Å². The molecule has 0 spiro atoms. The zero-order valence-corrected chi connectivity index (χ0v) is 11.9. The fourth-order valence-corrected chi connectivity index (χ4v) is 3.58. The molecule has 0 aromatic heterocycles. The minimum absolute atomic E-state index is 0.425. The van der Waals surface area contributed by atoms with E-state index < -0.39 is 0 Å². The Kier molecular flexibility index (Phi) is 5.78. The average molecular weight is 262 g/mol. The van der Waals surface area contributed by atoms with Gasteiger partial charge in [0.15, 0.2) is 0 Å². The molecule has 0 N–H and O–H groups in total. The van der Waals surface area contributed by atoms with Gasteiger partial charge in [0.2, 0.25) is 0 Å². The van der Waals surface area contributed by atoms with E-state index in [0.29, 0.717) is 11.7 Å². The normalized spacial score (nSPS) is 22.2. The molecule has 19 heavy (non-hydrogen) atoms. The van der Waals surface area contributed by atoms with E-state index >= 15 is 0 Å². The zero-order valence-electron chi connectivity index (χ0n) is 11.9. The summed E-state index contributed by atoms with van der Waals surface area (Å²) in [4.78, 5) is 14.7. The van der Waals surface area contributed by atoms with Crippen LogP contribution in [0, 0.1) is 11.8 Å². The molecule has 0 radical (unpaired) electrons. The van der Waals surface area contributed by atoms with Gasteiger partial charge in [-0.05, 0) is 43.9 Å². The lowest BCUT2D eigenvalue weighted by molar-refractivity contribution is -0.121. The van der Waals surface area contributed by atoms with E-state index in [2.05, 4.69) is 4.79 Å². The molecule has 0 heterocycles. The van der Waals surface area contributed by atoms with Crippen LogP contribution >= 0.6 is 0 Å². The third kappa shape index (κ3) is 4.91. The molecule has 2 aliphatic rings. The van der Waals surface area contributed by atoms with Gasteiger partial charge in [-0.2, -0.15) is 4.79 Å². The smallest absolute Gasteiger partial charge is 0.269 e. The van der Waals surface area contributed by atoms with E-state index in [4.69, 9.17) is 5.53 Å². The second-order valence-electron chi connectivity index (χ2n) is 6.40. The lowest BCUT2D eigenvalue weighted by atomic mass is 9.82. The Bertz CT molecular complexity index is 342. The maximum Gasteiger partial charge on any atom is 0.269 e. The van der Waals surface area contributed by atoms with Crippen molar-refractivity contribution in [2.75, 3.05) is 0 Å². The van der Waals surface area contributed by atoms with E-state index in [9.17, 15) is 4.79 Å². The van der Waals surface area contributed by atoms with Crippen molar-refractivity contribution in [2.24, 2.45) is 11.8 Å². The molecule has 2 saturated carbocycles. The van der Waals surface area contributed by atoms with E-state index in [0.717, 1.165) is 56.6 Å². The number of hydrogen-bond donors (Lipinski definition) is 0. The van der Waals surface area contributed by atoms with Crippen LogP contribution in [-0.4, -0.2) is 16.3 Å². The van der Waals surface area contributed by atoms with Gasteiger partial charge in [-0.15, -0.1) is 0 Å². The first-order valence-corrected chi connectivity index (χ1v) is 7.99. The summed E-state index contributed by atoms with van der Waals surface area (Å²) in [5.74, 6) is 1.84. The SMILES string of the molecule is [N-]=[N+]=C(CCC1CCC(=O)CC1)CC1CCCCC1. The second kappa shape index (κ2) is 7.59. The Balaban J connectivity index is 1.70. The van der Waals surface area contributed by atoms with Gasteiger partial charge in [0.1, 0.15) is 5.78 Å². The van der Waals surface area contributed by atoms with Crippen LogP contribution in [0.1, 0.15) is 77.0 Å². The monoisotopic (exact) mass is 262 g/mol. The third-order valence-electron chi connectivity index (χ3n) is 4.89. The van der Waals surface area contributed by atoms with Crippen molar-refractivity contribution in [1.29, 1.82) is 0 Å². The Labute approximate surface area is 116 Å². The molecule has 0 aromatic rings. The first kappa shape index (κ1) is 14.5. The summed E-state index contributed by atoms with van der Waals surface area (Å²) in [5, 5.41) is 0. The van der Waals surface area contributed by atoms with Crippen LogP contribution < -0.4 is 0 Å². The molecule has 0 aromatic carbocycles. The van der Waals surface area contributed by atoms with Gasteiger partial charge < -0.3 is 5.53 Å². The fourth-order valence-electron chi connectivity index (χ4n) is 3.58. The van der Waals surface area contributed by atoms with Crippen LogP contribution in [-0.2, 0) is 4.79 Å². The van der Waals surface area contributed by atoms with E-state index in [1.54, 1.807) is 0 Å². The van der Waals surface area contributed by atoms with Crippen LogP contribution in [0.25, 0.3) is 5.53 Å². The summed E-state index contributed by atoms with van der Waals surface area (Å²) in [6.45, 7) is 0. The van der Waals surface area contributed by atoms with Crippen molar-refractivity contribution in [1.82, 2.24) is 0 Å². The van der Waals surface area contributed by atoms with E-state index in [1.807, 2.05) is 0 Å². The molecule has 2 aliphatic carbocycles. The van der Waals surface area contributed by atoms with Crippen molar-refractivity contribution in [3.63, 3.8) is 0 Å². The van der Waals surface area contributed by atoms with Gasteiger partial charge in [-0.3, -0.25) is 4.79 Å². The number of nitrogens with zero attached hydrogens (tertiary/aromatic N) is 2. The number of carbonyl (C=O) groups is 1. The lowest BCUT2D eigenvalue weighted by Crippen LogP contribution is -2.17. The Morgan fingerprint density at radius 2 is 1.74 bits per heavy atom. The number of ketones is 1. The number of rotatable bonds is 5. The molecule has 3 heteroatoms. The van der Waals surface area contributed by atoms with Crippen LogP contribution in [0.4, 0.5) is 0 Å². The number of Topliss-reactive ketones (excluding diaryl/α,β-unsaturated/α-hetero) is 1. The standard InChI is InChI=1S/C16H26N2O/c17-18-15(12-14-4-2-1-3-5-14)9-6-13-7-10-16(19)11-8-13/h13-14H,1-12H2. The van der Waals surface area contributed by atoms with Crippen LogP contribution in [0.3, 0.4) is 0 Å². The minimum Gasteiger partial charge on any atom is -0.362 e. The highest BCUT2D eigenvalue weighted by Crippen LogP contribution is 2.29. The Hall–Kier alpha value is -0.950. The molecule has 0 amide bonds. The van der Waals surface area contributed by atoms with Crippen LogP contribution in [0.5, 0.6) is 0 Å². The fraction of sp³-hybridized carbons (Fsp3) is 0.875. The van der Waals surface area contributed by atoms with Gasteiger partial charge in [0.05, 0.1) is 0 Å². The molecule has 0 aliphatic heterocycles. The highest BCUT2D eigenvalue weighted by Gasteiger charge is 2.23. The summed E-state index contributed by atoms with van der Waals surface area (Å²) < 4.78 is 0. The lowest BCUT2D eigenvalue weighted by Gasteiger charge is -2.21. The summed E-state index contributed by atoms with van der Waals surface area (Å²) in [5.41, 5.74) is 10.2. The highest BCUT2D eigenvalue weighted by molar-refractivity contribution is 5.80. The molecular formula is C16H26N2O. The predicted octanol–water partition coefficient (Wildman–Crippen LogP) is 4.17. The quantitative estimate of drug-likeness (QED) is 0.417. The van der Waals surface area contributed by atoms with E-state index in [-0.39, 0.29) is 0 Å². The van der Waals surface area contributed by atoms with Crippen molar-refractivity contribution in [3.05, 3.63) is 5.53 Å². The molecule has 2 fully saturated rings. The summed E-state index contributed by atoms with van der Waals surface area (Å²) in [6, 6.07) is 0. The van der Waals surface area contributed by atoms with Crippen molar-refractivity contribution in [2.45, 2.75) is 77.0 Å². The largest absolute Gasteiger partial charge is 0.362 e. The van der Waals surface area contributed by atoms with Crippen LogP contribution in [0.2, 0.25) is 0 Å². The molecule has 0 saturated heterocycles. The maximum absolute atomic E-state index is 11.2. The predicted molar refractivity (Wildman–Crippen MR) is 76.0 cm³/mol. The number of hydrogen-bond acceptors (Lipinski definition) is 1. The Morgan fingerprint density at radius 3 is 2.37 bits per heavy atom. The second-order valence-corrected chi connectivity index (χ2v) is 6.40. The van der Waals surface area contributed by atoms with Crippen molar-refractivity contribution >= 4 is 11.5 Å². The van der Waals surface area contributed by atoms with Crippen molar-refractivity contribution < 1.29 is 9.58 Å². The average Bonchev–Trinajstić information content (AvgIpc) is 2.46. The number of carbonyl (C=O) groups excluding carboxylic acids is 1. The summed E-state index contributed by atoms with van der Waals surface area (Å²) in [7, 11) is 0. The summed E-state index contributed by atoms with van der Waals surface area (Å²) >= 11 is 0. The first-order valence-electron chi connectivity index (χ1n) is 7.99. The van der Waals surface area contributed by atoms with Gasteiger partial charge in [0.25, 0.3) is 5.71 Å². The minimum atomic E-state index is 0.425. The summed E-state index contributed by atoms with van der Waals surface area (Å²) in [6.07, 6.45) is 13.3. The molecular weight excluding hydrogens is 236 g/mol. The molecule has 0 unspecified atom stereocenters. The third-order valence-corrected chi connectivity index (χ3v) is 4.89. The molecule has 106 valence electrons.